The molecule has 11 heteroatoms. The Kier molecular flexibility index (Phi) is 7.89. The van der Waals surface area contributed by atoms with Crippen LogP contribution in [0.1, 0.15) is 17.5 Å². The average Bonchev–Trinajstić information content (AvgIpc) is 3.22. The number of rotatable bonds is 6. The van der Waals surface area contributed by atoms with Crippen LogP contribution < -0.4 is 0 Å². The maximum Gasteiger partial charge on any atom is 0.435 e. The molecule has 0 fully saturated rings. The van der Waals surface area contributed by atoms with E-state index in [9.17, 15) is 22.4 Å². The molecule has 1 unspecified atom stereocenters. The van der Waals surface area contributed by atoms with Crippen molar-refractivity contribution in [2.24, 2.45) is 5.16 Å². The average molecular weight is 520 g/mol. The van der Waals surface area contributed by atoms with Gasteiger partial charge in [0.15, 0.2) is 5.82 Å². The molecule has 4 nitrogen and oxygen atoms in total. The Hall–Kier alpha value is -2.33. The zero-order chi connectivity index (χ0) is 24.2. The van der Waals surface area contributed by atoms with Gasteiger partial charge in [-0.25, -0.2) is 4.39 Å². The fourth-order valence-electron chi connectivity index (χ4n) is 3.15. The Labute approximate surface area is 201 Å². The number of alkyl halides is 3. The standard InChI is InChI=1S/C22H15Cl2F4NO3S/c1-31-33-19(30)9-5-8-15(13-6-3-2-4-7-13)18-12-21(32-29-18,22(26,27)28)14-10-16(23)20(25)17(24)11-14/h2-11H,12H2,1H3/b9-5+,15-8+. The lowest BCUT2D eigenvalue weighted by Gasteiger charge is -2.30. The second-order valence-electron chi connectivity index (χ2n) is 6.76. The Balaban J connectivity index is 2.04. The molecule has 0 aromatic heterocycles. The molecule has 0 saturated heterocycles. The van der Waals surface area contributed by atoms with Crippen LogP contribution in [0.15, 0.2) is 65.8 Å². The van der Waals surface area contributed by atoms with Crippen molar-refractivity contribution < 1.29 is 31.4 Å². The molecule has 2 aromatic carbocycles. The summed E-state index contributed by atoms with van der Waals surface area (Å²) in [5, 5.41) is 2.16. The van der Waals surface area contributed by atoms with Crippen LogP contribution in [0.25, 0.3) is 5.57 Å². The topological polar surface area (TPSA) is 47.9 Å². The number of hydrogen-bond donors (Lipinski definition) is 0. The first-order chi connectivity index (χ1) is 15.6. The lowest BCUT2D eigenvalue weighted by atomic mass is 9.85. The Morgan fingerprint density at radius 3 is 2.42 bits per heavy atom. The quantitative estimate of drug-likeness (QED) is 0.134. The number of hydrogen-bond acceptors (Lipinski definition) is 5. The van der Waals surface area contributed by atoms with E-state index in [0.717, 1.165) is 12.1 Å². The van der Waals surface area contributed by atoms with E-state index in [1.165, 1.54) is 25.3 Å². The van der Waals surface area contributed by atoms with E-state index in [1.54, 1.807) is 30.3 Å². The highest BCUT2D eigenvalue weighted by atomic mass is 35.5. The van der Waals surface area contributed by atoms with Crippen molar-refractivity contribution in [3.8, 4) is 0 Å². The molecule has 0 N–H and O–H groups in total. The first kappa shape index (κ1) is 25.3. The van der Waals surface area contributed by atoms with Crippen molar-refractivity contribution in [3.05, 3.63) is 87.7 Å². The molecular formula is C22H15Cl2F4NO3S. The highest BCUT2D eigenvalue weighted by Crippen LogP contribution is 2.50. The predicted octanol–water partition coefficient (Wildman–Crippen LogP) is 7.13. The van der Waals surface area contributed by atoms with E-state index in [-0.39, 0.29) is 5.71 Å². The normalized spacial score (nSPS) is 19.0. The van der Waals surface area contributed by atoms with Crippen LogP contribution in [-0.2, 0) is 19.4 Å². The second-order valence-corrected chi connectivity index (χ2v) is 8.48. The summed E-state index contributed by atoms with van der Waals surface area (Å²) >= 11 is 12.1. The van der Waals surface area contributed by atoms with Crippen molar-refractivity contribution in [2.75, 3.05) is 7.11 Å². The zero-order valence-corrected chi connectivity index (χ0v) is 19.2. The highest BCUT2D eigenvalue weighted by molar-refractivity contribution is 8.09. The fraction of sp³-hybridized carbons (Fsp3) is 0.182. The van der Waals surface area contributed by atoms with Gasteiger partial charge in [-0.1, -0.05) is 70.8 Å². The molecule has 0 radical (unpaired) electrons. The molecule has 0 amide bonds. The number of oxime groups is 1. The SMILES string of the molecule is COSC(=O)/C=C/C=C(/C1=NOC(c2cc(Cl)c(F)c(Cl)c2)(C(F)(F)F)C1)c1ccccc1. The smallest absolute Gasteiger partial charge is 0.374 e. The van der Waals surface area contributed by atoms with E-state index < -0.39 is 44.7 Å². The van der Waals surface area contributed by atoms with Gasteiger partial charge in [0.05, 0.1) is 34.9 Å². The number of benzene rings is 2. The summed E-state index contributed by atoms with van der Waals surface area (Å²) in [6, 6.07) is 10.1. The van der Waals surface area contributed by atoms with Crippen molar-refractivity contribution in [1.29, 1.82) is 0 Å². The van der Waals surface area contributed by atoms with Crippen LogP contribution in [0.2, 0.25) is 10.0 Å². The molecule has 0 saturated carbocycles. The van der Waals surface area contributed by atoms with Crippen LogP contribution in [0.5, 0.6) is 0 Å². The minimum atomic E-state index is -4.94. The van der Waals surface area contributed by atoms with Crippen LogP contribution in [0, 0.1) is 5.82 Å². The Morgan fingerprint density at radius 2 is 1.85 bits per heavy atom. The summed E-state index contributed by atoms with van der Waals surface area (Å²) in [6.07, 6.45) is -1.65. The van der Waals surface area contributed by atoms with E-state index in [1.807, 2.05) is 0 Å². The summed E-state index contributed by atoms with van der Waals surface area (Å²) < 4.78 is 61.3. The number of carbonyl (C=O) groups excluding carboxylic acids is 1. The molecule has 33 heavy (non-hydrogen) atoms. The van der Waals surface area contributed by atoms with Gasteiger partial charge in [-0.15, -0.1) is 0 Å². The summed E-state index contributed by atoms with van der Waals surface area (Å²) in [4.78, 5) is 16.6. The van der Waals surface area contributed by atoms with Gasteiger partial charge >= 0.3 is 6.18 Å². The van der Waals surface area contributed by atoms with Gasteiger partial charge in [-0.3, -0.25) is 4.79 Å². The number of carbonyl (C=O) groups is 1. The molecule has 2 aromatic rings. The van der Waals surface area contributed by atoms with Crippen LogP contribution >= 0.6 is 35.2 Å². The summed E-state index contributed by atoms with van der Waals surface area (Å²) in [5.74, 6) is -1.04. The molecule has 0 bridgehead atoms. The predicted molar refractivity (Wildman–Crippen MR) is 120 cm³/mol. The van der Waals surface area contributed by atoms with Gasteiger partial charge in [-0.05, 0) is 23.8 Å². The summed E-state index contributed by atoms with van der Waals surface area (Å²) in [7, 11) is 1.33. The van der Waals surface area contributed by atoms with Gasteiger partial charge in [-0.2, -0.15) is 13.2 Å². The molecule has 0 aliphatic carbocycles. The number of nitrogens with zero attached hydrogens (tertiary/aromatic N) is 1. The Morgan fingerprint density at radius 1 is 1.21 bits per heavy atom. The summed E-state index contributed by atoms with van der Waals surface area (Å²) in [6.45, 7) is 0. The fourth-order valence-corrected chi connectivity index (χ4v) is 3.93. The van der Waals surface area contributed by atoms with Gasteiger partial charge in [0.2, 0.25) is 5.12 Å². The minimum absolute atomic E-state index is 0.0356. The van der Waals surface area contributed by atoms with Crippen molar-refractivity contribution >= 4 is 51.6 Å². The second kappa shape index (κ2) is 10.3. The number of halogens is 6. The van der Waals surface area contributed by atoms with E-state index in [4.69, 9.17) is 28.0 Å². The first-order valence-corrected chi connectivity index (χ1v) is 10.7. The largest absolute Gasteiger partial charge is 0.435 e. The number of allylic oxidation sites excluding steroid dienone is 3. The molecule has 1 aliphatic rings. The minimum Gasteiger partial charge on any atom is -0.374 e. The molecule has 174 valence electrons. The van der Waals surface area contributed by atoms with Gasteiger partial charge in [0.25, 0.3) is 5.60 Å². The third-order valence-corrected chi connectivity index (χ3v) is 5.71. The monoisotopic (exact) mass is 519 g/mol. The van der Waals surface area contributed by atoms with Crippen molar-refractivity contribution in [2.45, 2.75) is 18.2 Å². The lowest BCUT2D eigenvalue weighted by molar-refractivity contribution is -0.275. The molecule has 1 aliphatic heterocycles. The molecular weight excluding hydrogens is 505 g/mol. The van der Waals surface area contributed by atoms with Gasteiger partial charge < -0.3 is 9.02 Å². The third-order valence-electron chi connectivity index (χ3n) is 4.69. The van der Waals surface area contributed by atoms with Crippen molar-refractivity contribution in [1.82, 2.24) is 0 Å². The first-order valence-electron chi connectivity index (χ1n) is 9.24. The highest BCUT2D eigenvalue weighted by Gasteiger charge is 2.62. The zero-order valence-electron chi connectivity index (χ0n) is 16.8. The lowest BCUT2D eigenvalue weighted by Crippen LogP contribution is -2.42. The van der Waals surface area contributed by atoms with E-state index in [2.05, 4.69) is 9.34 Å². The Bertz CT molecular complexity index is 1110. The van der Waals surface area contributed by atoms with Crippen LogP contribution in [-0.4, -0.2) is 24.1 Å². The van der Waals surface area contributed by atoms with Gasteiger partial charge in [0, 0.05) is 17.6 Å². The van der Waals surface area contributed by atoms with Crippen LogP contribution in [0.3, 0.4) is 0 Å². The summed E-state index contributed by atoms with van der Waals surface area (Å²) in [5.41, 5.74) is -2.61. The maximum atomic E-state index is 14.3. The third kappa shape index (κ3) is 5.43. The van der Waals surface area contributed by atoms with E-state index >= 15 is 0 Å². The molecule has 1 heterocycles. The van der Waals surface area contributed by atoms with Gasteiger partial charge in [0.1, 0.15) is 0 Å². The van der Waals surface area contributed by atoms with Crippen molar-refractivity contribution in [3.63, 3.8) is 0 Å². The van der Waals surface area contributed by atoms with E-state index in [0.29, 0.717) is 23.2 Å². The molecule has 0 spiro atoms. The van der Waals surface area contributed by atoms with Crippen LogP contribution in [0.4, 0.5) is 17.6 Å². The maximum absolute atomic E-state index is 14.3. The molecule has 1 atom stereocenters. The molecule has 3 rings (SSSR count).